The van der Waals surface area contributed by atoms with E-state index >= 15 is 0 Å². The van der Waals surface area contributed by atoms with Crippen LogP contribution in [0, 0.1) is 31.0 Å². The Labute approximate surface area is 155 Å². The zero-order valence-corrected chi connectivity index (χ0v) is 15.5. The van der Waals surface area contributed by atoms with Crippen molar-refractivity contribution in [1.82, 2.24) is 4.57 Å². The number of nitrogens with zero attached hydrogens (tertiary/aromatic N) is 2. The van der Waals surface area contributed by atoms with Gasteiger partial charge in [0, 0.05) is 21.5 Å². The van der Waals surface area contributed by atoms with Crippen molar-refractivity contribution in [2.75, 3.05) is 0 Å². The summed E-state index contributed by atoms with van der Waals surface area (Å²) in [5, 5.41) is 9.50. The minimum absolute atomic E-state index is 0.311. The van der Waals surface area contributed by atoms with Gasteiger partial charge in [0.05, 0.1) is 11.6 Å². The van der Waals surface area contributed by atoms with Gasteiger partial charge in [-0.05, 0) is 73.5 Å². The fourth-order valence-electron chi connectivity index (χ4n) is 2.89. The number of hydrogen-bond acceptors (Lipinski definition) is 1. The maximum atomic E-state index is 13.1. The van der Waals surface area contributed by atoms with Crippen LogP contribution in [0.5, 0.6) is 0 Å². The number of allylic oxidation sites excluding steroid dienone is 1. The van der Waals surface area contributed by atoms with Gasteiger partial charge in [-0.25, -0.2) is 4.39 Å². The number of benzene rings is 2. The molecule has 0 atom stereocenters. The minimum atomic E-state index is -0.311. The van der Waals surface area contributed by atoms with E-state index in [9.17, 15) is 9.65 Å². The number of aromatic nitrogens is 1. The molecular formula is C21H16BrFN2. The smallest absolute Gasteiger partial charge is 0.123 e. The molecule has 0 spiro atoms. The first-order valence-electron chi connectivity index (χ1n) is 7.82. The monoisotopic (exact) mass is 394 g/mol. The third-order valence-electron chi connectivity index (χ3n) is 4.13. The number of nitriles is 1. The number of halogens is 2. The van der Waals surface area contributed by atoms with Crippen LogP contribution < -0.4 is 0 Å². The zero-order valence-electron chi connectivity index (χ0n) is 13.9. The first kappa shape index (κ1) is 17.2. The van der Waals surface area contributed by atoms with Crippen LogP contribution >= 0.6 is 15.9 Å². The highest BCUT2D eigenvalue weighted by atomic mass is 79.9. The van der Waals surface area contributed by atoms with Crippen molar-refractivity contribution >= 4 is 27.6 Å². The van der Waals surface area contributed by atoms with Crippen molar-refractivity contribution in [1.29, 1.82) is 5.26 Å². The predicted molar refractivity (Wildman–Crippen MR) is 103 cm³/mol. The molecule has 0 amide bonds. The van der Waals surface area contributed by atoms with Crippen LogP contribution in [0.25, 0.3) is 17.3 Å². The Hall–Kier alpha value is -2.64. The van der Waals surface area contributed by atoms with Crippen LogP contribution in [0.3, 0.4) is 0 Å². The van der Waals surface area contributed by atoms with E-state index in [1.807, 2.05) is 44.2 Å². The molecule has 1 aromatic heterocycles. The molecule has 0 radical (unpaired) electrons. The number of rotatable bonds is 3. The topological polar surface area (TPSA) is 28.7 Å². The van der Waals surface area contributed by atoms with Gasteiger partial charge in [-0.1, -0.05) is 28.1 Å². The van der Waals surface area contributed by atoms with Gasteiger partial charge >= 0.3 is 0 Å². The Morgan fingerprint density at radius 1 is 1.08 bits per heavy atom. The van der Waals surface area contributed by atoms with Crippen LogP contribution in [0.4, 0.5) is 4.39 Å². The van der Waals surface area contributed by atoms with Gasteiger partial charge in [0.1, 0.15) is 5.82 Å². The fourth-order valence-corrected chi connectivity index (χ4v) is 3.15. The molecule has 1 heterocycles. The molecule has 0 bridgehead atoms. The van der Waals surface area contributed by atoms with E-state index in [1.54, 1.807) is 12.1 Å². The quantitative estimate of drug-likeness (QED) is 0.496. The summed E-state index contributed by atoms with van der Waals surface area (Å²) in [5.41, 5.74) is 5.39. The lowest BCUT2D eigenvalue weighted by Crippen LogP contribution is -1.98. The predicted octanol–water partition coefficient (Wildman–Crippen LogP) is 6.06. The van der Waals surface area contributed by atoms with Gasteiger partial charge < -0.3 is 4.57 Å². The summed E-state index contributed by atoms with van der Waals surface area (Å²) in [5.74, 6) is -0.311. The van der Waals surface area contributed by atoms with Crippen LogP contribution in [-0.2, 0) is 0 Å². The van der Waals surface area contributed by atoms with E-state index in [1.165, 1.54) is 12.1 Å². The zero-order chi connectivity index (χ0) is 18.0. The highest BCUT2D eigenvalue weighted by Crippen LogP contribution is 2.26. The van der Waals surface area contributed by atoms with Gasteiger partial charge in [0.25, 0.3) is 0 Å². The number of aryl methyl sites for hydroxylation is 1. The summed E-state index contributed by atoms with van der Waals surface area (Å²) < 4.78 is 16.3. The van der Waals surface area contributed by atoms with Crippen molar-refractivity contribution in [3.05, 3.63) is 87.4 Å². The molecule has 0 aliphatic heterocycles. The van der Waals surface area contributed by atoms with E-state index in [0.717, 1.165) is 27.1 Å². The summed E-state index contributed by atoms with van der Waals surface area (Å²) in [7, 11) is 0. The Morgan fingerprint density at radius 2 is 1.72 bits per heavy atom. The second-order valence-corrected chi connectivity index (χ2v) is 6.73. The average Bonchev–Trinajstić information content (AvgIpc) is 2.88. The van der Waals surface area contributed by atoms with E-state index in [2.05, 4.69) is 32.6 Å². The third-order valence-corrected chi connectivity index (χ3v) is 4.66. The summed E-state index contributed by atoms with van der Waals surface area (Å²) in [4.78, 5) is 0. The molecule has 0 unspecified atom stereocenters. The Bertz CT molecular complexity index is 974. The second-order valence-electron chi connectivity index (χ2n) is 5.82. The molecule has 2 aromatic carbocycles. The maximum Gasteiger partial charge on any atom is 0.123 e. The largest absolute Gasteiger partial charge is 0.318 e. The molecule has 0 saturated heterocycles. The SMILES string of the molecule is Cc1cc(/C=C(/C#N)c2ccc(F)cc2)c(C)n1-c1ccc(Br)cc1. The Kier molecular flexibility index (Phi) is 4.87. The van der Waals surface area contributed by atoms with Crippen LogP contribution in [0.1, 0.15) is 22.5 Å². The lowest BCUT2D eigenvalue weighted by Gasteiger charge is -2.09. The van der Waals surface area contributed by atoms with Crippen LogP contribution in [0.2, 0.25) is 0 Å². The fraction of sp³-hybridized carbons (Fsp3) is 0.0952. The molecule has 2 nitrogen and oxygen atoms in total. The van der Waals surface area contributed by atoms with E-state index in [0.29, 0.717) is 11.1 Å². The molecule has 0 aliphatic carbocycles. The van der Waals surface area contributed by atoms with Gasteiger partial charge in [0.15, 0.2) is 0 Å². The van der Waals surface area contributed by atoms with Gasteiger partial charge in [0.2, 0.25) is 0 Å². The highest BCUT2D eigenvalue weighted by molar-refractivity contribution is 9.10. The molecular weight excluding hydrogens is 379 g/mol. The third kappa shape index (κ3) is 3.57. The maximum absolute atomic E-state index is 13.1. The highest BCUT2D eigenvalue weighted by Gasteiger charge is 2.11. The summed E-state index contributed by atoms with van der Waals surface area (Å²) >= 11 is 3.45. The molecule has 4 heteroatoms. The summed E-state index contributed by atoms with van der Waals surface area (Å²) in [6, 6.07) is 18.3. The van der Waals surface area contributed by atoms with Crippen molar-refractivity contribution in [3.8, 4) is 11.8 Å². The van der Waals surface area contributed by atoms with Crippen molar-refractivity contribution < 1.29 is 4.39 Å². The second kappa shape index (κ2) is 7.08. The van der Waals surface area contributed by atoms with Crippen molar-refractivity contribution in [2.45, 2.75) is 13.8 Å². The molecule has 0 aliphatic rings. The van der Waals surface area contributed by atoms with Crippen molar-refractivity contribution in [3.63, 3.8) is 0 Å². The van der Waals surface area contributed by atoms with E-state index in [4.69, 9.17) is 0 Å². The summed E-state index contributed by atoms with van der Waals surface area (Å²) in [6.45, 7) is 4.07. The summed E-state index contributed by atoms with van der Waals surface area (Å²) in [6.07, 6.45) is 1.85. The normalized spacial score (nSPS) is 11.4. The average molecular weight is 395 g/mol. The minimum Gasteiger partial charge on any atom is -0.318 e. The van der Waals surface area contributed by atoms with E-state index in [-0.39, 0.29) is 5.82 Å². The number of hydrogen-bond donors (Lipinski definition) is 0. The molecule has 0 saturated carbocycles. The Morgan fingerprint density at radius 3 is 2.32 bits per heavy atom. The first-order valence-corrected chi connectivity index (χ1v) is 8.61. The lowest BCUT2D eigenvalue weighted by molar-refractivity contribution is 0.627. The van der Waals surface area contributed by atoms with Crippen LogP contribution in [0.15, 0.2) is 59.1 Å². The molecule has 124 valence electrons. The first-order chi connectivity index (χ1) is 12.0. The molecule has 25 heavy (non-hydrogen) atoms. The lowest BCUT2D eigenvalue weighted by atomic mass is 10.0. The molecule has 0 N–H and O–H groups in total. The van der Waals surface area contributed by atoms with Crippen molar-refractivity contribution in [2.24, 2.45) is 0 Å². The van der Waals surface area contributed by atoms with Crippen LogP contribution in [-0.4, -0.2) is 4.57 Å². The van der Waals surface area contributed by atoms with E-state index < -0.39 is 0 Å². The van der Waals surface area contributed by atoms with Gasteiger partial charge in [-0.2, -0.15) is 5.26 Å². The van der Waals surface area contributed by atoms with Gasteiger partial charge in [-0.3, -0.25) is 0 Å². The molecule has 3 rings (SSSR count). The molecule has 3 aromatic rings. The Balaban J connectivity index is 2.06. The van der Waals surface area contributed by atoms with Gasteiger partial charge in [-0.15, -0.1) is 0 Å². The molecule has 0 fully saturated rings. The standard InChI is InChI=1S/C21H16BrFN2/c1-14-11-17(12-18(13-24)16-3-7-20(23)8-4-16)15(2)25(14)21-9-5-19(22)6-10-21/h3-12H,1-2H3/b18-12-.